The van der Waals surface area contributed by atoms with E-state index >= 15 is 0 Å². The van der Waals surface area contributed by atoms with E-state index in [2.05, 4.69) is 19.6 Å². The molecule has 0 N–H and O–H groups in total. The van der Waals surface area contributed by atoms with Crippen molar-refractivity contribution in [2.24, 2.45) is 0 Å². The van der Waals surface area contributed by atoms with Crippen LogP contribution >= 0.6 is 12.6 Å². The van der Waals surface area contributed by atoms with E-state index < -0.39 is 0 Å². The monoisotopic (exact) mass is 298 g/mol. The molecule has 0 spiro atoms. The molecular formula is C4H10PbS. The van der Waals surface area contributed by atoms with Gasteiger partial charge in [0.2, 0.25) is 0 Å². The predicted octanol–water partition coefficient (Wildman–Crippen LogP) is 1.34. The Morgan fingerprint density at radius 2 is 2.00 bits per heavy atom. The average molecular weight is 297 g/mol. The molecule has 2 heteroatoms. The summed E-state index contributed by atoms with van der Waals surface area (Å²) in [7, 11) is 0. The van der Waals surface area contributed by atoms with Crippen LogP contribution in [0.2, 0.25) is 0 Å². The molecule has 0 fully saturated rings. The summed E-state index contributed by atoms with van der Waals surface area (Å²) in [6.45, 7) is 2.16. The first kappa shape index (κ1) is 10.3. The molecule has 0 aliphatic heterocycles. The molecule has 0 nitrogen and oxygen atoms in total. The molecule has 0 aromatic heterocycles. The van der Waals surface area contributed by atoms with E-state index in [0.29, 0.717) is 0 Å². The van der Waals surface area contributed by atoms with Crippen molar-refractivity contribution < 1.29 is 0 Å². The predicted molar refractivity (Wildman–Crippen MR) is 34.5 cm³/mol. The van der Waals surface area contributed by atoms with Gasteiger partial charge < -0.3 is 0 Å². The summed E-state index contributed by atoms with van der Waals surface area (Å²) < 4.78 is 0. The van der Waals surface area contributed by atoms with Crippen molar-refractivity contribution in [3.63, 3.8) is 0 Å². The van der Waals surface area contributed by atoms with Gasteiger partial charge in [-0.3, -0.25) is 0 Å². The molecule has 0 heterocycles. The van der Waals surface area contributed by atoms with E-state index in [9.17, 15) is 0 Å². The van der Waals surface area contributed by atoms with Gasteiger partial charge in [0.05, 0.1) is 0 Å². The van der Waals surface area contributed by atoms with E-state index in [-0.39, 0.29) is 27.3 Å². The maximum Gasteiger partial charge on any atom is 0 e. The van der Waals surface area contributed by atoms with Crippen molar-refractivity contribution in [3.8, 4) is 0 Å². The van der Waals surface area contributed by atoms with Gasteiger partial charge in [-0.1, -0.05) is 13.3 Å². The molecule has 6 heavy (non-hydrogen) atoms. The number of thiol groups is 1. The number of rotatable bonds is 2. The SMILES string of the molecule is CCCCS.[Pb]. The number of hydrogen-bond donors (Lipinski definition) is 1. The first-order valence-electron chi connectivity index (χ1n) is 2.02. The van der Waals surface area contributed by atoms with Gasteiger partial charge in [-0.2, -0.15) is 12.6 Å². The maximum atomic E-state index is 4.00. The first-order chi connectivity index (χ1) is 2.41. The second kappa shape index (κ2) is 9.55. The zero-order valence-corrected chi connectivity index (χ0v) is 8.85. The fourth-order valence-corrected chi connectivity index (χ4v) is 0.474. The van der Waals surface area contributed by atoms with E-state index in [1.807, 2.05) is 0 Å². The van der Waals surface area contributed by atoms with Gasteiger partial charge in [-0.15, -0.1) is 0 Å². The van der Waals surface area contributed by atoms with E-state index in [4.69, 9.17) is 0 Å². The number of unbranched alkanes of at least 4 members (excludes halogenated alkanes) is 1. The Balaban J connectivity index is 0. The van der Waals surface area contributed by atoms with Crippen LogP contribution in [-0.4, -0.2) is 33.1 Å². The quantitative estimate of drug-likeness (QED) is 0.577. The zero-order chi connectivity index (χ0) is 4.12. The third-order valence-electron chi connectivity index (χ3n) is 0.512. The Morgan fingerprint density at radius 3 is 2.00 bits per heavy atom. The molecule has 0 aliphatic carbocycles. The van der Waals surface area contributed by atoms with Gasteiger partial charge in [0.1, 0.15) is 0 Å². The minimum atomic E-state index is 0. The molecule has 0 amide bonds. The van der Waals surface area contributed by atoms with Crippen LogP contribution in [0.5, 0.6) is 0 Å². The Bertz CT molecular complexity index is 15.0. The van der Waals surface area contributed by atoms with Crippen molar-refractivity contribution in [1.29, 1.82) is 0 Å². The summed E-state index contributed by atoms with van der Waals surface area (Å²) in [5.74, 6) is 1.04. The third-order valence-corrected chi connectivity index (χ3v) is 0.828. The molecule has 0 bridgehead atoms. The van der Waals surface area contributed by atoms with Crippen LogP contribution in [0.1, 0.15) is 19.8 Å². The summed E-state index contributed by atoms with van der Waals surface area (Å²) in [5, 5.41) is 0. The second-order valence-corrected chi connectivity index (χ2v) is 1.52. The molecule has 0 unspecified atom stereocenters. The average Bonchev–Trinajstić information content (AvgIpc) is 1.41. The Morgan fingerprint density at radius 1 is 1.50 bits per heavy atom. The number of hydrogen-bond acceptors (Lipinski definition) is 1. The van der Waals surface area contributed by atoms with Gasteiger partial charge >= 0.3 is 0 Å². The summed E-state index contributed by atoms with van der Waals surface area (Å²) in [6, 6.07) is 0. The standard InChI is InChI=1S/C4H10S.Pb/c1-2-3-4-5;/h5H,2-4H2,1H3;. The van der Waals surface area contributed by atoms with Gasteiger partial charge in [0, 0.05) is 27.3 Å². The Labute approximate surface area is 65.3 Å². The second-order valence-electron chi connectivity index (χ2n) is 1.08. The van der Waals surface area contributed by atoms with Crippen LogP contribution < -0.4 is 0 Å². The van der Waals surface area contributed by atoms with E-state index in [1.165, 1.54) is 12.8 Å². The Kier molecular flexibility index (Phi) is 16.4. The van der Waals surface area contributed by atoms with Gasteiger partial charge in [0.25, 0.3) is 0 Å². The minimum absolute atomic E-state index is 0. The van der Waals surface area contributed by atoms with Crippen LogP contribution in [0, 0.1) is 0 Å². The largest absolute Gasteiger partial charge is 0.179 e. The van der Waals surface area contributed by atoms with Crippen molar-refractivity contribution in [2.75, 3.05) is 5.75 Å². The van der Waals surface area contributed by atoms with Gasteiger partial charge in [0.15, 0.2) is 0 Å². The van der Waals surface area contributed by atoms with Crippen LogP contribution in [0.3, 0.4) is 0 Å². The normalized spacial score (nSPS) is 7.00. The molecule has 0 saturated heterocycles. The summed E-state index contributed by atoms with van der Waals surface area (Å²) >= 11 is 4.00. The smallest absolute Gasteiger partial charge is 0 e. The molecule has 0 aliphatic rings. The fraction of sp³-hybridized carbons (Fsp3) is 1.00. The topological polar surface area (TPSA) is 0 Å². The summed E-state index contributed by atoms with van der Waals surface area (Å²) in [6.07, 6.45) is 2.52. The van der Waals surface area contributed by atoms with Gasteiger partial charge in [-0.25, -0.2) is 0 Å². The molecule has 0 aromatic carbocycles. The van der Waals surface area contributed by atoms with Gasteiger partial charge in [-0.05, 0) is 12.2 Å². The van der Waals surface area contributed by atoms with Crippen molar-refractivity contribution >= 4 is 39.9 Å². The summed E-state index contributed by atoms with van der Waals surface area (Å²) in [5.41, 5.74) is 0. The molecule has 0 atom stereocenters. The molecule has 4 radical (unpaired) electrons. The van der Waals surface area contributed by atoms with Crippen molar-refractivity contribution in [3.05, 3.63) is 0 Å². The maximum absolute atomic E-state index is 4.00. The van der Waals surface area contributed by atoms with Crippen LogP contribution in [0.4, 0.5) is 0 Å². The van der Waals surface area contributed by atoms with Crippen LogP contribution in [-0.2, 0) is 0 Å². The van der Waals surface area contributed by atoms with Crippen LogP contribution in [0.15, 0.2) is 0 Å². The van der Waals surface area contributed by atoms with E-state index in [1.54, 1.807) is 0 Å². The third kappa shape index (κ3) is 8.99. The molecule has 0 rings (SSSR count). The zero-order valence-electron chi connectivity index (χ0n) is 4.07. The summed E-state index contributed by atoms with van der Waals surface area (Å²) in [4.78, 5) is 0. The Hall–Kier alpha value is 1.27. The minimum Gasteiger partial charge on any atom is -0.179 e. The van der Waals surface area contributed by atoms with Crippen molar-refractivity contribution in [2.45, 2.75) is 19.8 Å². The molecule has 36 valence electrons. The van der Waals surface area contributed by atoms with Crippen LogP contribution in [0.25, 0.3) is 0 Å². The van der Waals surface area contributed by atoms with Crippen molar-refractivity contribution in [1.82, 2.24) is 0 Å². The molecular weight excluding hydrogens is 287 g/mol. The fourth-order valence-electron chi connectivity index (χ4n) is 0.158. The first-order valence-corrected chi connectivity index (χ1v) is 2.66. The molecule has 0 aromatic rings. The van der Waals surface area contributed by atoms with E-state index in [0.717, 1.165) is 5.75 Å². The molecule has 0 saturated carbocycles.